The van der Waals surface area contributed by atoms with Crippen molar-refractivity contribution >= 4 is 16.8 Å². The molecule has 0 saturated heterocycles. The van der Waals surface area contributed by atoms with Crippen molar-refractivity contribution in [3.8, 4) is 5.75 Å². The minimum atomic E-state index is 0.0434. The van der Waals surface area contributed by atoms with E-state index in [1.807, 2.05) is 12.1 Å². The first-order chi connectivity index (χ1) is 8.40. The van der Waals surface area contributed by atoms with Crippen molar-refractivity contribution in [1.29, 1.82) is 0 Å². The van der Waals surface area contributed by atoms with Crippen LogP contribution in [0, 0.1) is 0 Å². The molecule has 0 unspecified atom stereocenters. The monoisotopic (exact) mass is 226 g/mol. The number of aliphatic hydroxyl groups is 1. The van der Waals surface area contributed by atoms with E-state index in [9.17, 15) is 0 Å². The molecule has 0 radical (unpaired) electrons. The third kappa shape index (κ3) is 1.71. The molecule has 2 aromatic rings. The van der Waals surface area contributed by atoms with Gasteiger partial charge in [0.05, 0.1) is 6.61 Å². The van der Waals surface area contributed by atoms with Gasteiger partial charge in [0.1, 0.15) is 12.4 Å². The number of aliphatic hydroxyl groups excluding tert-OH is 1. The highest BCUT2D eigenvalue weighted by atomic mass is 16.5. The lowest BCUT2D eigenvalue weighted by atomic mass is 10.0. The molecule has 3 rings (SSSR count). The first kappa shape index (κ1) is 10.4. The van der Waals surface area contributed by atoms with E-state index in [2.05, 4.69) is 30.4 Å². The van der Waals surface area contributed by atoms with Crippen LogP contribution in [0.3, 0.4) is 0 Å². The van der Waals surface area contributed by atoms with Crippen molar-refractivity contribution in [1.82, 2.24) is 0 Å². The minimum absolute atomic E-state index is 0.0434. The van der Waals surface area contributed by atoms with Crippen LogP contribution >= 0.6 is 0 Å². The first-order valence-corrected chi connectivity index (χ1v) is 5.85. The molecule has 0 spiro atoms. The number of hydrogen-bond acceptors (Lipinski definition) is 2. The lowest BCUT2D eigenvalue weighted by Gasteiger charge is -2.13. The van der Waals surface area contributed by atoms with Crippen LogP contribution in [0.25, 0.3) is 16.8 Å². The molecule has 0 bridgehead atoms. The van der Waals surface area contributed by atoms with Gasteiger partial charge >= 0.3 is 0 Å². The van der Waals surface area contributed by atoms with Crippen LogP contribution in [0.2, 0.25) is 0 Å². The Balaban J connectivity index is 2.23. The zero-order valence-corrected chi connectivity index (χ0v) is 9.52. The van der Waals surface area contributed by atoms with Crippen LogP contribution in [0.5, 0.6) is 5.75 Å². The van der Waals surface area contributed by atoms with E-state index in [1.54, 1.807) is 0 Å². The van der Waals surface area contributed by atoms with Gasteiger partial charge < -0.3 is 9.84 Å². The lowest BCUT2D eigenvalue weighted by Crippen LogP contribution is -2.04. The normalized spacial score (nSPS) is 13.0. The summed E-state index contributed by atoms with van der Waals surface area (Å²) in [6.45, 7) is 0.385. The Bertz CT molecular complexity index is 585. The second-order valence-corrected chi connectivity index (χ2v) is 4.18. The zero-order chi connectivity index (χ0) is 11.7. The molecule has 0 amide bonds. The summed E-state index contributed by atoms with van der Waals surface area (Å²) in [7, 11) is 0. The van der Waals surface area contributed by atoms with Gasteiger partial charge in [0.25, 0.3) is 0 Å². The van der Waals surface area contributed by atoms with Crippen LogP contribution in [-0.4, -0.2) is 18.3 Å². The van der Waals surface area contributed by atoms with Gasteiger partial charge in [0.15, 0.2) is 0 Å². The highest BCUT2D eigenvalue weighted by Crippen LogP contribution is 2.36. The molecule has 1 aliphatic carbocycles. The molecule has 0 aliphatic heterocycles. The maximum absolute atomic E-state index is 8.91. The van der Waals surface area contributed by atoms with E-state index in [-0.39, 0.29) is 6.61 Å². The smallest absolute Gasteiger partial charge is 0.134 e. The molecule has 17 heavy (non-hydrogen) atoms. The molecule has 0 heterocycles. The molecular weight excluding hydrogens is 212 g/mol. The molecule has 86 valence electrons. The summed E-state index contributed by atoms with van der Waals surface area (Å²) in [5, 5.41) is 11.2. The molecule has 2 nitrogen and oxygen atoms in total. The molecule has 1 N–H and O–H groups in total. The summed E-state index contributed by atoms with van der Waals surface area (Å²) in [5.74, 6) is 0.904. The van der Waals surface area contributed by atoms with Crippen molar-refractivity contribution in [3.63, 3.8) is 0 Å². The van der Waals surface area contributed by atoms with Gasteiger partial charge in [-0.15, -0.1) is 0 Å². The van der Waals surface area contributed by atoms with E-state index in [1.165, 1.54) is 10.9 Å². The van der Waals surface area contributed by atoms with E-state index >= 15 is 0 Å². The van der Waals surface area contributed by atoms with Crippen molar-refractivity contribution in [2.75, 3.05) is 13.2 Å². The molecular formula is C15H14O2. The second kappa shape index (κ2) is 4.22. The van der Waals surface area contributed by atoms with Crippen LogP contribution in [0.15, 0.2) is 36.4 Å². The largest absolute Gasteiger partial charge is 0.490 e. The number of benzene rings is 2. The fourth-order valence-electron chi connectivity index (χ4n) is 2.34. The summed E-state index contributed by atoms with van der Waals surface area (Å²) in [6, 6.07) is 10.4. The summed E-state index contributed by atoms with van der Waals surface area (Å²) in [5.41, 5.74) is 2.47. The van der Waals surface area contributed by atoms with Crippen LogP contribution in [0.4, 0.5) is 0 Å². The number of allylic oxidation sites excluding steroid dienone is 1. The van der Waals surface area contributed by atoms with E-state index in [0.717, 1.165) is 23.1 Å². The van der Waals surface area contributed by atoms with Gasteiger partial charge in [-0.3, -0.25) is 0 Å². The van der Waals surface area contributed by atoms with E-state index in [0.29, 0.717) is 6.61 Å². The number of ether oxygens (including phenoxy) is 1. The van der Waals surface area contributed by atoms with Crippen LogP contribution < -0.4 is 4.74 Å². The fraction of sp³-hybridized carbons (Fsp3) is 0.200. The van der Waals surface area contributed by atoms with Crippen molar-refractivity contribution in [3.05, 3.63) is 47.5 Å². The van der Waals surface area contributed by atoms with Gasteiger partial charge in [-0.1, -0.05) is 36.4 Å². The Labute approximate surface area is 100 Å². The lowest BCUT2D eigenvalue weighted by molar-refractivity contribution is 0.202. The maximum atomic E-state index is 8.91. The third-order valence-electron chi connectivity index (χ3n) is 3.09. The van der Waals surface area contributed by atoms with Crippen molar-refractivity contribution < 1.29 is 9.84 Å². The van der Waals surface area contributed by atoms with Crippen LogP contribution in [-0.2, 0) is 6.42 Å². The molecule has 2 heteroatoms. The summed E-state index contributed by atoms with van der Waals surface area (Å²) >= 11 is 0. The average molecular weight is 226 g/mol. The Morgan fingerprint density at radius 3 is 3.00 bits per heavy atom. The first-order valence-electron chi connectivity index (χ1n) is 5.85. The Morgan fingerprint density at radius 2 is 2.12 bits per heavy atom. The minimum Gasteiger partial charge on any atom is -0.490 e. The highest BCUT2D eigenvalue weighted by Gasteiger charge is 2.14. The Hall–Kier alpha value is -1.80. The van der Waals surface area contributed by atoms with Gasteiger partial charge in [-0.25, -0.2) is 0 Å². The Morgan fingerprint density at radius 1 is 1.24 bits per heavy atom. The van der Waals surface area contributed by atoms with Gasteiger partial charge in [0, 0.05) is 10.9 Å². The molecule has 0 fully saturated rings. The predicted octanol–water partition coefficient (Wildman–Crippen LogP) is 2.78. The van der Waals surface area contributed by atoms with Gasteiger partial charge in [-0.2, -0.15) is 0 Å². The second-order valence-electron chi connectivity index (χ2n) is 4.18. The molecule has 0 saturated carbocycles. The van der Waals surface area contributed by atoms with Gasteiger partial charge in [-0.05, 0) is 23.4 Å². The van der Waals surface area contributed by atoms with Crippen molar-refractivity contribution in [2.45, 2.75) is 6.42 Å². The zero-order valence-electron chi connectivity index (χ0n) is 9.52. The average Bonchev–Trinajstić information content (AvgIpc) is 2.82. The number of rotatable bonds is 3. The molecule has 0 aromatic heterocycles. The van der Waals surface area contributed by atoms with E-state index in [4.69, 9.17) is 9.84 Å². The van der Waals surface area contributed by atoms with E-state index < -0.39 is 0 Å². The summed E-state index contributed by atoms with van der Waals surface area (Å²) in [4.78, 5) is 0. The molecule has 1 aliphatic rings. The predicted molar refractivity (Wildman–Crippen MR) is 69.3 cm³/mol. The SMILES string of the molecule is OCCOc1c2c(cc3ccccc13)CC=C2. The van der Waals surface area contributed by atoms with Gasteiger partial charge in [0.2, 0.25) is 0 Å². The quantitative estimate of drug-likeness (QED) is 0.872. The number of fused-ring (bicyclic) bond motifs is 2. The maximum Gasteiger partial charge on any atom is 0.134 e. The standard InChI is InChI=1S/C15H14O2/c16-8-9-17-15-13-6-2-1-4-11(13)10-12-5-3-7-14(12)15/h1-4,6-7,10,16H,5,8-9H2. The summed E-state index contributed by atoms with van der Waals surface area (Å²) in [6.07, 6.45) is 5.22. The summed E-state index contributed by atoms with van der Waals surface area (Å²) < 4.78 is 5.71. The Kier molecular flexibility index (Phi) is 2.57. The van der Waals surface area contributed by atoms with Crippen molar-refractivity contribution in [2.24, 2.45) is 0 Å². The number of hydrogen-bond donors (Lipinski definition) is 1. The molecule has 2 aromatic carbocycles. The molecule has 0 atom stereocenters. The highest BCUT2D eigenvalue weighted by molar-refractivity contribution is 5.94. The fourth-order valence-corrected chi connectivity index (χ4v) is 2.34. The third-order valence-corrected chi connectivity index (χ3v) is 3.09. The van der Waals surface area contributed by atoms with Crippen LogP contribution in [0.1, 0.15) is 11.1 Å². The topological polar surface area (TPSA) is 29.5 Å².